The molecule has 1 aliphatic heterocycles. The van der Waals surface area contributed by atoms with Gasteiger partial charge in [0.15, 0.2) is 29.7 Å². The Morgan fingerprint density at radius 2 is 1.47 bits per heavy atom. The minimum absolute atomic E-state index is 0.00502. The summed E-state index contributed by atoms with van der Waals surface area (Å²) in [5.74, 6) is 1.10. The molecule has 34 heavy (non-hydrogen) atoms. The second-order valence-corrected chi connectivity index (χ2v) is 10.9. The van der Waals surface area contributed by atoms with Gasteiger partial charge in [0.05, 0.1) is 14.2 Å². The second kappa shape index (κ2) is 8.60. The maximum Gasteiger partial charge on any atom is 0.343 e. The molecule has 4 rings (SSSR count). The molecule has 0 N–H and O–H groups in total. The van der Waals surface area contributed by atoms with Gasteiger partial charge in [0, 0.05) is 42.7 Å². The van der Waals surface area contributed by atoms with E-state index < -0.39 is 11.9 Å². The van der Waals surface area contributed by atoms with E-state index in [2.05, 4.69) is 32.4 Å². The molecule has 7 heteroatoms. The molecule has 1 aromatic rings. The fourth-order valence-electron chi connectivity index (χ4n) is 5.19. The number of ether oxygens (including phenoxy) is 4. The van der Waals surface area contributed by atoms with Crippen LogP contribution in [0.4, 0.5) is 0 Å². The molecule has 0 bridgehead atoms. The van der Waals surface area contributed by atoms with Crippen LogP contribution in [-0.2, 0) is 23.9 Å². The highest BCUT2D eigenvalue weighted by Crippen LogP contribution is 2.53. The third kappa shape index (κ3) is 4.48. The number of benzene rings is 1. The first kappa shape index (κ1) is 24.0. The average molecular weight is 469 g/mol. The predicted octanol–water partition coefficient (Wildman–Crippen LogP) is 4.65. The zero-order chi connectivity index (χ0) is 24.8. The zero-order valence-corrected chi connectivity index (χ0v) is 20.7. The third-order valence-corrected chi connectivity index (χ3v) is 6.68. The second-order valence-electron chi connectivity index (χ2n) is 10.9. The van der Waals surface area contributed by atoms with Crippen LogP contribution in [-0.4, -0.2) is 38.4 Å². The first-order valence-corrected chi connectivity index (χ1v) is 11.5. The molecule has 0 unspecified atom stereocenters. The van der Waals surface area contributed by atoms with Crippen molar-refractivity contribution in [2.75, 3.05) is 20.8 Å². The number of ketones is 2. The summed E-state index contributed by atoms with van der Waals surface area (Å²) in [6.45, 7) is 7.98. The molecule has 182 valence electrons. The first-order chi connectivity index (χ1) is 15.9. The number of carbonyl (C=O) groups excluding carboxylic acids is 3. The van der Waals surface area contributed by atoms with Gasteiger partial charge in [-0.3, -0.25) is 9.59 Å². The highest BCUT2D eigenvalue weighted by Gasteiger charge is 2.47. The van der Waals surface area contributed by atoms with E-state index in [-0.39, 0.29) is 29.0 Å². The lowest BCUT2D eigenvalue weighted by Crippen LogP contribution is -2.37. The van der Waals surface area contributed by atoms with E-state index in [1.165, 1.54) is 14.2 Å². The van der Waals surface area contributed by atoms with Gasteiger partial charge < -0.3 is 18.9 Å². The van der Waals surface area contributed by atoms with Crippen molar-refractivity contribution >= 4 is 17.5 Å². The molecule has 7 nitrogen and oxygen atoms in total. The quantitative estimate of drug-likeness (QED) is 0.581. The van der Waals surface area contributed by atoms with E-state index in [1.54, 1.807) is 12.1 Å². The summed E-state index contributed by atoms with van der Waals surface area (Å²) in [7, 11) is 2.80. The van der Waals surface area contributed by atoms with Gasteiger partial charge in [0.25, 0.3) is 0 Å². The highest BCUT2D eigenvalue weighted by molar-refractivity contribution is 6.06. The van der Waals surface area contributed by atoms with E-state index in [0.29, 0.717) is 59.8 Å². The zero-order valence-electron chi connectivity index (χ0n) is 20.7. The lowest BCUT2D eigenvalue weighted by atomic mass is 9.65. The van der Waals surface area contributed by atoms with E-state index in [9.17, 15) is 14.4 Å². The normalized spacial score (nSPS) is 21.5. The molecular weight excluding hydrogens is 436 g/mol. The number of Topliss-reactive ketones (excluding diaryl/α,β-unsaturated/α-hetero) is 2. The summed E-state index contributed by atoms with van der Waals surface area (Å²) >= 11 is 0. The fourth-order valence-corrected chi connectivity index (χ4v) is 5.19. The van der Waals surface area contributed by atoms with Crippen LogP contribution in [0.1, 0.15) is 64.9 Å². The molecule has 0 saturated heterocycles. The van der Waals surface area contributed by atoms with Crippen molar-refractivity contribution in [2.24, 2.45) is 10.8 Å². The van der Waals surface area contributed by atoms with Crippen molar-refractivity contribution in [1.29, 1.82) is 0 Å². The van der Waals surface area contributed by atoms with Crippen molar-refractivity contribution in [3.05, 3.63) is 46.4 Å². The number of methoxy groups -OCH3 is 2. The van der Waals surface area contributed by atoms with Crippen molar-refractivity contribution in [3.8, 4) is 11.5 Å². The van der Waals surface area contributed by atoms with Gasteiger partial charge in [-0.05, 0) is 28.5 Å². The van der Waals surface area contributed by atoms with Gasteiger partial charge >= 0.3 is 5.97 Å². The van der Waals surface area contributed by atoms with E-state index in [1.807, 2.05) is 6.07 Å². The molecular formula is C27H32O7. The molecule has 1 aromatic carbocycles. The highest BCUT2D eigenvalue weighted by atomic mass is 16.6. The third-order valence-electron chi connectivity index (χ3n) is 6.68. The maximum absolute atomic E-state index is 13.4. The number of allylic oxidation sites excluding steroid dienone is 4. The largest absolute Gasteiger partial charge is 0.493 e. The van der Waals surface area contributed by atoms with Gasteiger partial charge in [-0.25, -0.2) is 4.79 Å². The molecule has 0 saturated carbocycles. The molecule has 0 fully saturated rings. The fraction of sp³-hybridized carbons (Fsp3) is 0.519. The standard InChI is InChI=1S/C27H32O7/c1-26(2)10-16(28)24-20(12-26)34-21-13-27(3,4)11-17(29)25(21)23(24)15-7-8-18(19(9-15)31-5)33-14-22(30)32-6/h7-9,23H,10-14H2,1-6H3. The van der Waals surface area contributed by atoms with Crippen LogP contribution in [0.2, 0.25) is 0 Å². The van der Waals surface area contributed by atoms with Gasteiger partial charge in [0.2, 0.25) is 0 Å². The molecule has 0 atom stereocenters. The number of carbonyl (C=O) groups is 3. The Bertz CT molecular complexity index is 1070. The van der Waals surface area contributed by atoms with E-state index in [0.717, 1.165) is 5.56 Å². The minimum atomic E-state index is -0.519. The summed E-state index contributed by atoms with van der Waals surface area (Å²) in [5.41, 5.74) is 1.46. The Labute approximate surface area is 200 Å². The number of rotatable bonds is 5. The SMILES string of the molecule is COC(=O)COc1ccc(C2C3=C(CC(C)(C)CC3=O)OC3=C2C(=O)CC(C)(C)C3)cc1OC. The Morgan fingerprint density at radius 3 is 1.97 bits per heavy atom. The van der Waals surface area contributed by atoms with Gasteiger partial charge in [0.1, 0.15) is 11.5 Å². The lowest BCUT2D eigenvalue weighted by molar-refractivity contribution is -0.143. The lowest BCUT2D eigenvalue weighted by Gasteiger charge is -2.42. The van der Waals surface area contributed by atoms with Crippen molar-refractivity contribution in [1.82, 2.24) is 0 Å². The molecule has 3 aliphatic rings. The monoisotopic (exact) mass is 468 g/mol. The molecule has 0 aromatic heterocycles. The Kier molecular flexibility index (Phi) is 6.08. The van der Waals surface area contributed by atoms with E-state index >= 15 is 0 Å². The number of esters is 1. The van der Waals surface area contributed by atoms with Crippen LogP contribution in [0.25, 0.3) is 0 Å². The average Bonchev–Trinajstić information content (AvgIpc) is 2.74. The predicted molar refractivity (Wildman–Crippen MR) is 124 cm³/mol. The maximum atomic E-state index is 13.4. The topological polar surface area (TPSA) is 88.1 Å². The summed E-state index contributed by atoms with van der Waals surface area (Å²) in [6.07, 6.45) is 2.05. The van der Waals surface area contributed by atoms with Crippen LogP contribution in [0.15, 0.2) is 40.9 Å². The van der Waals surface area contributed by atoms with Crippen LogP contribution >= 0.6 is 0 Å². The van der Waals surface area contributed by atoms with Gasteiger partial charge in [-0.15, -0.1) is 0 Å². The van der Waals surface area contributed by atoms with Crippen LogP contribution in [0, 0.1) is 10.8 Å². The molecule has 0 radical (unpaired) electrons. The van der Waals surface area contributed by atoms with Crippen molar-refractivity contribution in [3.63, 3.8) is 0 Å². The summed E-state index contributed by atoms with van der Waals surface area (Å²) in [6, 6.07) is 5.29. The van der Waals surface area contributed by atoms with Crippen molar-refractivity contribution in [2.45, 2.75) is 59.3 Å². The molecule has 1 heterocycles. The first-order valence-electron chi connectivity index (χ1n) is 11.5. The number of hydrogen-bond donors (Lipinski definition) is 0. The Balaban J connectivity index is 1.82. The van der Waals surface area contributed by atoms with Crippen molar-refractivity contribution < 1.29 is 33.3 Å². The molecule has 2 aliphatic carbocycles. The Hall–Kier alpha value is -3.09. The van der Waals surface area contributed by atoms with Gasteiger partial charge in [-0.2, -0.15) is 0 Å². The summed E-state index contributed by atoms with van der Waals surface area (Å²) in [4.78, 5) is 38.3. The van der Waals surface area contributed by atoms with Crippen LogP contribution in [0.3, 0.4) is 0 Å². The Morgan fingerprint density at radius 1 is 0.912 bits per heavy atom. The summed E-state index contributed by atoms with van der Waals surface area (Å²) in [5, 5.41) is 0. The minimum Gasteiger partial charge on any atom is -0.493 e. The van der Waals surface area contributed by atoms with Crippen LogP contribution in [0.5, 0.6) is 11.5 Å². The summed E-state index contributed by atoms with van der Waals surface area (Å²) < 4.78 is 22.0. The van der Waals surface area contributed by atoms with E-state index in [4.69, 9.17) is 14.2 Å². The number of hydrogen-bond acceptors (Lipinski definition) is 7. The smallest absolute Gasteiger partial charge is 0.343 e. The molecule has 0 amide bonds. The van der Waals surface area contributed by atoms with Gasteiger partial charge in [-0.1, -0.05) is 33.8 Å². The molecule has 0 spiro atoms. The van der Waals surface area contributed by atoms with Crippen LogP contribution < -0.4 is 9.47 Å².